The van der Waals surface area contributed by atoms with Crippen molar-refractivity contribution in [1.29, 1.82) is 0 Å². The fourth-order valence-corrected chi connectivity index (χ4v) is 2.91. The maximum Gasteiger partial charge on any atom is 0.198 e. The molecule has 1 aliphatic rings. The smallest absolute Gasteiger partial charge is 0.198 e. The number of hydrogen-bond acceptors (Lipinski definition) is 5. The Morgan fingerprint density at radius 2 is 2.37 bits per heavy atom. The molecule has 0 saturated heterocycles. The number of aromatic nitrogens is 2. The number of aliphatic hydroxyl groups is 1. The van der Waals surface area contributed by atoms with Crippen molar-refractivity contribution in [3.63, 3.8) is 0 Å². The van der Waals surface area contributed by atoms with E-state index in [0.717, 1.165) is 19.3 Å². The largest absolute Gasteiger partial charge is 0.490 e. The van der Waals surface area contributed by atoms with Crippen molar-refractivity contribution in [2.45, 2.75) is 38.2 Å². The standard InChI is InChI=1S/C13H20ClN3O2/c1-9-4-3-5-13(18,6-9)7-15-12-10(19-2)11(14)16-8-17-12/h8-9,18H,3-7H2,1-2H3,(H,15,16,17). The minimum Gasteiger partial charge on any atom is -0.490 e. The highest BCUT2D eigenvalue weighted by Gasteiger charge is 2.32. The van der Waals surface area contributed by atoms with E-state index in [1.54, 1.807) is 0 Å². The Hall–Kier alpha value is -1.07. The van der Waals surface area contributed by atoms with E-state index in [1.165, 1.54) is 19.9 Å². The van der Waals surface area contributed by atoms with E-state index < -0.39 is 5.60 Å². The van der Waals surface area contributed by atoms with Gasteiger partial charge in [0.15, 0.2) is 16.7 Å². The Morgan fingerprint density at radius 3 is 3.05 bits per heavy atom. The molecule has 0 bridgehead atoms. The quantitative estimate of drug-likeness (QED) is 0.832. The van der Waals surface area contributed by atoms with Crippen LogP contribution in [0.5, 0.6) is 5.75 Å². The van der Waals surface area contributed by atoms with Crippen LogP contribution in [-0.2, 0) is 0 Å². The highest BCUT2D eigenvalue weighted by Crippen LogP contribution is 2.34. The van der Waals surface area contributed by atoms with Gasteiger partial charge in [-0.1, -0.05) is 31.4 Å². The molecule has 1 aromatic heterocycles. The summed E-state index contributed by atoms with van der Waals surface area (Å²) in [7, 11) is 1.52. The lowest BCUT2D eigenvalue weighted by Crippen LogP contribution is -2.41. The van der Waals surface area contributed by atoms with Crippen LogP contribution in [0, 0.1) is 5.92 Å². The molecule has 0 amide bonds. The van der Waals surface area contributed by atoms with Gasteiger partial charge < -0.3 is 15.2 Å². The third-order valence-electron chi connectivity index (χ3n) is 3.62. The van der Waals surface area contributed by atoms with E-state index in [2.05, 4.69) is 22.2 Å². The summed E-state index contributed by atoms with van der Waals surface area (Å²) in [5, 5.41) is 13.9. The van der Waals surface area contributed by atoms with E-state index in [9.17, 15) is 5.11 Å². The first-order valence-corrected chi connectivity index (χ1v) is 6.92. The number of nitrogens with one attached hydrogen (secondary N) is 1. The summed E-state index contributed by atoms with van der Waals surface area (Å²) in [5.74, 6) is 1.49. The normalized spacial score (nSPS) is 27.1. The third kappa shape index (κ3) is 3.48. The summed E-state index contributed by atoms with van der Waals surface area (Å²) < 4.78 is 5.17. The molecule has 2 N–H and O–H groups in total. The Labute approximate surface area is 118 Å². The molecule has 106 valence electrons. The molecule has 2 rings (SSSR count). The van der Waals surface area contributed by atoms with Crippen molar-refractivity contribution in [3.8, 4) is 5.75 Å². The van der Waals surface area contributed by atoms with Crippen molar-refractivity contribution in [1.82, 2.24) is 9.97 Å². The van der Waals surface area contributed by atoms with Gasteiger partial charge in [-0.05, 0) is 18.8 Å². The summed E-state index contributed by atoms with van der Waals surface area (Å²) in [4.78, 5) is 7.96. The predicted molar refractivity (Wildman–Crippen MR) is 74.7 cm³/mol. The minimum atomic E-state index is -0.680. The van der Waals surface area contributed by atoms with Gasteiger partial charge in [0, 0.05) is 6.54 Å². The maximum atomic E-state index is 10.6. The molecule has 5 nitrogen and oxygen atoms in total. The number of hydrogen-bond donors (Lipinski definition) is 2. The topological polar surface area (TPSA) is 67.3 Å². The number of nitrogens with zero attached hydrogens (tertiary/aromatic N) is 2. The Morgan fingerprint density at radius 1 is 1.58 bits per heavy atom. The molecule has 0 aromatic carbocycles. The fourth-order valence-electron chi connectivity index (χ4n) is 2.70. The van der Waals surface area contributed by atoms with Crippen molar-refractivity contribution in [2.24, 2.45) is 5.92 Å². The molecule has 0 aliphatic heterocycles. The van der Waals surface area contributed by atoms with Crippen molar-refractivity contribution < 1.29 is 9.84 Å². The van der Waals surface area contributed by atoms with Crippen LogP contribution in [0.1, 0.15) is 32.6 Å². The molecule has 19 heavy (non-hydrogen) atoms. The number of anilines is 1. The van der Waals surface area contributed by atoms with Gasteiger partial charge in [-0.25, -0.2) is 9.97 Å². The zero-order valence-corrected chi connectivity index (χ0v) is 12.1. The molecular formula is C13H20ClN3O2. The molecular weight excluding hydrogens is 266 g/mol. The van der Waals surface area contributed by atoms with E-state index in [0.29, 0.717) is 24.0 Å². The summed E-state index contributed by atoms with van der Waals surface area (Å²) in [6.45, 7) is 2.62. The summed E-state index contributed by atoms with van der Waals surface area (Å²) in [6, 6.07) is 0. The van der Waals surface area contributed by atoms with Crippen LogP contribution in [-0.4, -0.2) is 34.3 Å². The number of halogens is 1. The van der Waals surface area contributed by atoms with Gasteiger partial charge in [0.1, 0.15) is 6.33 Å². The lowest BCUT2D eigenvalue weighted by atomic mass is 9.79. The third-order valence-corrected chi connectivity index (χ3v) is 3.89. The van der Waals surface area contributed by atoms with Crippen LogP contribution >= 0.6 is 11.6 Å². The van der Waals surface area contributed by atoms with Crippen LogP contribution in [0.25, 0.3) is 0 Å². The first-order chi connectivity index (χ1) is 9.04. The zero-order valence-electron chi connectivity index (χ0n) is 11.3. The highest BCUT2D eigenvalue weighted by molar-refractivity contribution is 6.31. The zero-order chi connectivity index (χ0) is 13.9. The summed E-state index contributed by atoms with van der Waals surface area (Å²) in [6.07, 6.45) is 5.24. The fraction of sp³-hybridized carbons (Fsp3) is 0.692. The van der Waals surface area contributed by atoms with Crippen molar-refractivity contribution >= 4 is 17.4 Å². The lowest BCUT2D eigenvalue weighted by Gasteiger charge is -2.35. The van der Waals surface area contributed by atoms with E-state index in [1.807, 2.05) is 0 Å². The molecule has 1 heterocycles. The SMILES string of the molecule is COc1c(Cl)ncnc1NCC1(O)CCCC(C)C1. The molecule has 1 saturated carbocycles. The monoisotopic (exact) mass is 285 g/mol. The minimum absolute atomic E-state index is 0.268. The Balaban J connectivity index is 2.04. The van der Waals surface area contributed by atoms with E-state index >= 15 is 0 Å². The molecule has 2 unspecified atom stereocenters. The van der Waals surface area contributed by atoms with Crippen LogP contribution in [0.3, 0.4) is 0 Å². The Kier molecular flexibility index (Phi) is 4.47. The Bertz CT molecular complexity index is 444. The highest BCUT2D eigenvalue weighted by atomic mass is 35.5. The molecule has 1 aromatic rings. The maximum absolute atomic E-state index is 10.6. The second kappa shape index (κ2) is 5.92. The van der Waals surface area contributed by atoms with Gasteiger partial charge in [0.2, 0.25) is 0 Å². The van der Waals surface area contributed by atoms with Crippen LogP contribution in [0.4, 0.5) is 5.82 Å². The van der Waals surface area contributed by atoms with Crippen LogP contribution in [0.2, 0.25) is 5.15 Å². The molecule has 0 radical (unpaired) electrons. The number of ether oxygens (including phenoxy) is 1. The van der Waals surface area contributed by atoms with Gasteiger partial charge in [-0.3, -0.25) is 0 Å². The number of rotatable bonds is 4. The van der Waals surface area contributed by atoms with Crippen LogP contribution in [0.15, 0.2) is 6.33 Å². The molecule has 1 fully saturated rings. The summed E-state index contributed by atoms with van der Waals surface area (Å²) >= 11 is 5.93. The van der Waals surface area contributed by atoms with E-state index in [-0.39, 0.29) is 5.15 Å². The van der Waals surface area contributed by atoms with Gasteiger partial charge in [-0.2, -0.15) is 0 Å². The second-order valence-electron chi connectivity index (χ2n) is 5.33. The first-order valence-electron chi connectivity index (χ1n) is 6.55. The molecule has 0 spiro atoms. The van der Waals surface area contributed by atoms with E-state index in [4.69, 9.17) is 16.3 Å². The first kappa shape index (κ1) is 14.3. The van der Waals surface area contributed by atoms with Crippen LogP contribution < -0.4 is 10.1 Å². The summed E-state index contributed by atoms with van der Waals surface area (Å²) in [5.41, 5.74) is -0.680. The molecule has 6 heteroatoms. The lowest BCUT2D eigenvalue weighted by molar-refractivity contribution is -0.000856. The molecule has 2 atom stereocenters. The van der Waals surface area contributed by atoms with Gasteiger partial charge >= 0.3 is 0 Å². The van der Waals surface area contributed by atoms with Crippen molar-refractivity contribution in [2.75, 3.05) is 19.0 Å². The molecule has 1 aliphatic carbocycles. The number of methoxy groups -OCH3 is 1. The second-order valence-corrected chi connectivity index (χ2v) is 5.68. The van der Waals surface area contributed by atoms with Gasteiger partial charge in [0.05, 0.1) is 12.7 Å². The van der Waals surface area contributed by atoms with Crippen molar-refractivity contribution in [3.05, 3.63) is 11.5 Å². The predicted octanol–water partition coefficient (Wildman–Crippen LogP) is 2.49. The average Bonchev–Trinajstić information content (AvgIpc) is 2.36. The van der Waals surface area contributed by atoms with Gasteiger partial charge in [-0.15, -0.1) is 0 Å². The average molecular weight is 286 g/mol. The van der Waals surface area contributed by atoms with Gasteiger partial charge in [0.25, 0.3) is 0 Å².